The van der Waals surface area contributed by atoms with Crippen LogP contribution in [0.4, 0.5) is 5.13 Å². The first-order valence-electron chi connectivity index (χ1n) is 6.47. The Morgan fingerprint density at radius 2 is 1.95 bits per heavy atom. The number of hydrogen-bond donors (Lipinski definition) is 1. The molecule has 2 heterocycles. The predicted molar refractivity (Wildman–Crippen MR) is 88.7 cm³/mol. The fraction of sp³-hybridized carbons (Fsp3) is 0.308. The van der Waals surface area contributed by atoms with Gasteiger partial charge in [0.25, 0.3) is 0 Å². The number of benzene rings is 1. The van der Waals surface area contributed by atoms with Crippen LogP contribution in [0.5, 0.6) is 0 Å². The Morgan fingerprint density at radius 3 is 2.71 bits per heavy atom. The van der Waals surface area contributed by atoms with Crippen LogP contribution in [-0.2, 0) is 6.42 Å². The van der Waals surface area contributed by atoms with E-state index in [4.69, 9.17) is 28.9 Å². The Morgan fingerprint density at radius 1 is 1.19 bits per heavy atom. The molecule has 8 heteroatoms. The van der Waals surface area contributed by atoms with Gasteiger partial charge in [-0.2, -0.15) is 8.75 Å². The maximum atomic E-state index is 6.38. The van der Waals surface area contributed by atoms with Crippen molar-refractivity contribution in [3.8, 4) is 0 Å². The monoisotopic (exact) mass is 356 g/mol. The van der Waals surface area contributed by atoms with Crippen LogP contribution >= 0.6 is 46.3 Å². The standard InChI is InChI=1S/C13H10Cl2N4S2/c14-7-4-8(15)12-11(18-21-19-12)6(7)3-9-10(5-1-2-5)17-13(16)20-9/h4-5H,1-3H2,(H2,16,17). The summed E-state index contributed by atoms with van der Waals surface area (Å²) in [6.45, 7) is 0. The lowest BCUT2D eigenvalue weighted by molar-refractivity contribution is 1.01. The van der Waals surface area contributed by atoms with Gasteiger partial charge in [-0.15, -0.1) is 11.3 Å². The number of hydrogen-bond acceptors (Lipinski definition) is 6. The van der Waals surface area contributed by atoms with Gasteiger partial charge < -0.3 is 5.73 Å². The molecule has 1 aliphatic carbocycles. The van der Waals surface area contributed by atoms with E-state index in [0.29, 0.717) is 33.0 Å². The first-order valence-corrected chi connectivity index (χ1v) is 8.78. The lowest BCUT2D eigenvalue weighted by Crippen LogP contribution is -1.94. The van der Waals surface area contributed by atoms with E-state index in [9.17, 15) is 0 Å². The summed E-state index contributed by atoms with van der Waals surface area (Å²) in [6, 6.07) is 1.74. The van der Waals surface area contributed by atoms with Crippen LogP contribution in [0.2, 0.25) is 10.0 Å². The van der Waals surface area contributed by atoms with E-state index in [-0.39, 0.29) is 0 Å². The number of thiazole rings is 1. The lowest BCUT2D eigenvalue weighted by Gasteiger charge is -2.06. The molecule has 0 spiro atoms. The van der Waals surface area contributed by atoms with Gasteiger partial charge in [0.1, 0.15) is 11.0 Å². The van der Waals surface area contributed by atoms with Gasteiger partial charge in [-0.1, -0.05) is 23.2 Å². The summed E-state index contributed by atoms with van der Waals surface area (Å²) in [5.74, 6) is 0.559. The van der Waals surface area contributed by atoms with Crippen LogP contribution < -0.4 is 5.73 Å². The largest absolute Gasteiger partial charge is 0.375 e. The molecule has 0 bridgehead atoms. The summed E-state index contributed by atoms with van der Waals surface area (Å²) in [6.07, 6.45) is 3.06. The molecule has 4 nitrogen and oxygen atoms in total. The molecule has 2 N–H and O–H groups in total. The predicted octanol–water partition coefficient (Wildman–Crippen LogP) is 4.51. The van der Waals surface area contributed by atoms with Crippen molar-refractivity contribution in [2.24, 2.45) is 0 Å². The van der Waals surface area contributed by atoms with Crippen LogP contribution in [-0.4, -0.2) is 13.7 Å². The van der Waals surface area contributed by atoms with Crippen molar-refractivity contribution in [2.45, 2.75) is 25.2 Å². The molecule has 0 atom stereocenters. The van der Waals surface area contributed by atoms with Crippen LogP contribution in [0.1, 0.15) is 34.9 Å². The molecule has 1 saturated carbocycles. The zero-order chi connectivity index (χ0) is 14.6. The number of anilines is 1. The third kappa shape index (κ3) is 2.40. The molecule has 0 amide bonds. The van der Waals surface area contributed by atoms with E-state index >= 15 is 0 Å². The van der Waals surface area contributed by atoms with Crippen molar-refractivity contribution in [1.82, 2.24) is 13.7 Å². The highest BCUT2D eigenvalue weighted by atomic mass is 35.5. The third-order valence-electron chi connectivity index (χ3n) is 3.59. The zero-order valence-electron chi connectivity index (χ0n) is 10.8. The quantitative estimate of drug-likeness (QED) is 0.749. The third-order valence-corrected chi connectivity index (χ3v) is 5.64. The highest BCUT2D eigenvalue weighted by Crippen LogP contribution is 2.44. The van der Waals surface area contributed by atoms with E-state index in [1.807, 2.05) is 0 Å². The van der Waals surface area contributed by atoms with E-state index in [1.54, 1.807) is 6.07 Å². The summed E-state index contributed by atoms with van der Waals surface area (Å²) in [4.78, 5) is 5.65. The molecule has 3 aromatic rings. The fourth-order valence-corrected chi connectivity index (χ4v) is 4.56. The minimum atomic E-state index is 0.540. The van der Waals surface area contributed by atoms with Gasteiger partial charge in [0.2, 0.25) is 0 Å². The van der Waals surface area contributed by atoms with E-state index in [0.717, 1.165) is 28.5 Å². The molecule has 0 aliphatic heterocycles. The Labute approximate surface area is 139 Å². The van der Waals surface area contributed by atoms with Gasteiger partial charge in [-0.3, -0.25) is 0 Å². The number of nitrogen functional groups attached to an aromatic ring is 1. The number of aromatic nitrogens is 3. The number of fused-ring (bicyclic) bond motifs is 1. The maximum absolute atomic E-state index is 6.38. The fourth-order valence-electron chi connectivity index (χ4n) is 2.44. The molecule has 21 heavy (non-hydrogen) atoms. The van der Waals surface area contributed by atoms with Gasteiger partial charge in [0, 0.05) is 27.8 Å². The summed E-state index contributed by atoms with van der Waals surface area (Å²) >= 11 is 15.2. The van der Waals surface area contributed by atoms with Gasteiger partial charge in [0.15, 0.2) is 5.13 Å². The Bertz CT molecular complexity index is 838. The van der Waals surface area contributed by atoms with Crippen molar-refractivity contribution in [3.05, 3.63) is 32.2 Å². The van der Waals surface area contributed by atoms with Crippen molar-refractivity contribution < 1.29 is 0 Å². The van der Waals surface area contributed by atoms with Crippen LogP contribution in [0.15, 0.2) is 6.07 Å². The van der Waals surface area contributed by atoms with E-state index < -0.39 is 0 Å². The summed E-state index contributed by atoms with van der Waals surface area (Å²) in [5, 5.41) is 1.78. The molecule has 0 saturated heterocycles. The number of halogens is 2. The van der Waals surface area contributed by atoms with Crippen LogP contribution in [0, 0.1) is 0 Å². The molecule has 4 rings (SSSR count). The van der Waals surface area contributed by atoms with Crippen LogP contribution in [0.3, 0.4) is 0 Å². The Hall–Kier alpha value is -0.950. The molecule has 0 unspecified atom stereocenters. The van der Waals surface area contributed by atoms with Crippen molar-refractivity contribution in [3.63, 3.8) is 0 Å². The van der Waals surface area contributed by atoms with Crippen molar-refractivity contribution in [1.29, 1.82) is 0 Å². The highest BCUT2D eigenvalue weighted by Gasteiger charge is 2.30. The minimum absolute atomic E-state index is 0.540. The summed E-state index contributed by atoms with van der Waals surface area (Å²) in [5.41, 5.74) is 9.46. The SMILES string of the molecule is Nc1nc(C2CC2)c(Cc2c(Cl)cc(Cl)c3nsnc23)s1. The van der Waals surface area contributed by atoms with E-state index in [2.05, 4.69) is 13.7 Å². The molecular formula is C13H10Cl2N4S2. The lowest BCUT2D eigenvalue weighted by atomic mass is 10.1. The summed E-state index contributed by atoms with van der Waals surface area (Å²) < 4.78 is 8.59. The number of nitrogens with zero attached hydrogens (tertiary/aromatic N) is 3. The van der Waals surface area contributed by atoms with Crippen LogP contribution in [0.25, 0.3) is 11.0 Å². The second kappa shape index (κ2) is 5.05. The number of rotatable bonds is 3. The number of nitrogens with two attached hydrogens (primary N) is 1. The average molecular weight is 357 g/mol. The second-order valence-electron chi connectivity index (χ2n) is 5.09. The minimum Gasteiger partial charge on any atom is -0.375 e. The Balaban J connectivity index is 1.83. The topological polar surface area (TPSA) is 64.7 Å². The molecule has 0 radical (unpaired) electrons. The second-order valence-corrected chi connectivity index (χ2v) is 7.55. The first-order chi connectivity index (χ1) is 10.1. The van der Waals surface area contributed by atoms with Gasteiger partial charge in [-0.25, -0.2) is 4.98 Å². The normalized spacial score (nSPS) is 15.0. The zero-order valence-corrected chi connectivity index (χ0v) is 13.9. The summed E-state index contributed by atoms with van der Waals surface area (Å²) in [7, 11) is 0. The molecular weight excluding hydrogens is 347 g/mol. The molecule has 1 aliphatic rings. The first kappa shape index (κ1) is 13.7. The van der Waals surface area contributed by atoms with E-state index in [1.165, 1.54) is 29.1 Å². The molecule has 108 valence electrons. The van der Waals surface area contributed by atoms with Crippen molar-refractivity contribution in [2.75, 3.05) is 5.73 Å². The van der Waals surface area contributed by atoms with Gasteiger partial charge in [-0.05, 0) is 18.9 Å². The highest BCUT2D eigenvalue weighted by molar-refractivity contribution is 7.15. The molecule has 1 fully saturated rings. The maximum Gasteiger partial charge on any atom is 0.180 e. The smallest absolute Gasteiger partial charge is 0.180 e. The molecule has 1 aromatic carbocycles. The average Bonchev–Trinajstić information content (AvgIpc) is 3.03. The Kier molecular flexibility index (Phi) is 3.29. The van der Waals surface area contributed by atoms with Gasteiger partial charge >= 0.3 is 0 Å². The molecule has 2 aromatic heterocycles. The van der Waals surface area contributed by atoms with Crippen molar-refractivity contribution >= 4 is 62.4 Å². The van der Waals surface area contributed by atoms with Gasteiger partial charge in [0.05, 0.1) is 22.4 Å².